The fourth-order valence-corrected chi connectivity index (χ4v) is 4.20. The minimum atomic E-state index is -0.0745. The van der Waals surface area contributed by atoms with E-state index in [0.29, 0.717) is 6.04 Å². The number of likely N-dealkylation sites (tertiary alicyclic amines) is 1. The zero-order valence-corrected chi connectivity index (χ0v) is 15.2. The Morgan fingerprint density at radius 3 is 2.83 bits per heavy atom. The molecule has 1 aliphatic carbocycles. The van der Waals surface area contributed by atoms with Crippen molar-refractivity contribution in [3.8, 4) is 0 Å². The van der Waals surface area contributed by atoms with Gasteiger partial charge in [0.05, 0.1) is 5.69 Å². The van der Waals surface area contributed by atoms with Gasteiger partial charge in [-0.1, -0.05) is 24.5 Å². The van der Waals surface area contributed by atoms with E-state index in [1.165, 1.54) is 38.5 Å². The molecule has 4 nitrogen and oxygen atoms in total. The Kier molecular flexibility index (Phi) is 6.73. The number of allylic oxidation sites excluding steroid dienone is 1. The third kappa shape index (κ3) is 5.64. The van der Waals surface area contributed by atoms with Crippen molar-refractivity contribution in [1.29, 1.82) is 0 Å². The Hall–Kier alpha value is -1.33. The van der Waals surface area contributed by atoms with Crippen LogP contribution in [0.15, 0.2) is 28.5 Å². The van der Waals surface area contributed by atoms with Crippen molar-refractivity contribution in [2.45, 2.75) is 57.4 Å². The van der Waals surface area contributed by atoms with E-state index in [2.05, 4.69) is 21.6 Å². The van der Waals surface area contributed by atoms with Gasteiger partial charge in [0.2, 0.25) is 0 Å². The molecule has 2 N–H and O–H groups in total. The van der Waals surface area contributed by atoms with Crippen molar-refractivity contribution in [2.24, 2.45) is 0 Å². The van der Waals surface area contributed by atoms with E-state index in [1.54, 1.807) is 16.9 Å². The maximum absolute atomic E-state index is 12.0. The van der Waals surface area contributed by atoms with Crippen molar-refractivity contribution in [3.05, 3.63) is 28.5 Å². The molecule has 0 bridgehead atoms. The van der Waals surface area contributed by atoms with Crippen molar-refractivity contribution in [3.63, 3.8) is 0 Å². The molecular weight excluding hydrogens is 318 g/mol. The Balaban J connectivity index is 1.38. The topological polar surface area (TPSA) is 44.4 Å². The first-order valence-electron chi connectivity index (χ1n) is 9.29. The van der Waals surface area contributed by atoms with E-state index >= 15 is 0 Å². The molecule has 24 heavy (non-hydrogen) atoms. The number of thiophene rings is 1. The van der Waals surface area contributed by atoms with Crippen LogP contribution in [0.5, 0.6) is 0 Å². The maximum atomic E-state index is 12.0. The first-order chi connectivity index (χ1) is 11.8. The van der Waals surface area contributed by atoms with Crippen LogP contribution in [0, 0.1) is 0 Å². The Labute approximate surface area is 149 Å². The molecule has 5 heteroatoms. The largest absolute Gasteiger partial charge is 0.335 e. The number of hydrogen-bond donors (Lipinski definition) is 2. The average molecular weight is 348 g/mol. The highest BCUT2D eigenvalue weighted by atomic mass is 32.1. The minimum absolute atomic E-state index is 0.0745. The number of amides is 2. The van der Waals surface area contributed by atoms with Gasteiger partial charge >= 0.3 is 6.03 Å². The van der Waals surface area contributed by atoms with Crippen LogP contribution in [0.3, 0.4) is 0 Å². The molecule has 1 saturated heterocycles. The van der Waals surface area contributed by atoms with Gasteiger partial charge in [-0.3, -0.25) is 4.90 Å². The highest BCUT2D eigenvalue weighted by Gasteiger charge is 2.21. The quantitative estimate of drug-likeness (QED) is 0.781. The molecular formula is C19H29N3OS. The van der Waals surface area contributed by atoms with Gasteiger partial charge < -0.3 is 10.6 Å². The van der Waals surface area contributed by atoms with Crippen LogP contribution in [0.1, 0.15) is 51.4 Å². The summed E-state index contributed by atoms with van der Waals surface area (Å²) in [6.45, 7) is 3.30. The van der Waals surface area contributed by atoms with Crippen molar-refractivity contribution in [2.75, 3.05) is 25.0 Å². The Bertz CT molecular complexity index is 533. The highest BCUT2D eigenvalue weighted by Crippen LogP contribution is 2.20. The second-order valence-corrected chi connectivity index (χ2v) is 7.76. The second kappa shape index (κ2) is 9.23. The maximum Gasteiger partial charge on any atom is 0.319 e. The molecule has 1 aromatic heterocycles. The van der Waals surface area contributed by atoms with Crippen molar-refractivity contribution >= 4 is 23.1 Å². The average Bonchev–Trinajstić information content (AvgIpc) is 3.04. The molecule has 0 spiro atoms. The molecule has 1 fully saturated rings. The first kappa shape index (κ1) is 17.5. The van der Waals surface area contributed by atoms with Crippen LogP contribution in [0.4, 0.5) is 10.5 Å². The summed E-state index contributed by atoms with van der Waals surface area (Å²) in [7, 11) is 0. The summed E-state index contributed by atoms with van der Waals surface area (Å²) in [5, 5.41) is 9.93. The predicted octanol–water partition coefficient (Wildman–Crippen LogP) is 4.61. The molecule has 0 atom stereocenters. The fraction of sp³-hybridized carbons (Fsp3) is 0.632. The summed E-state index contributed by atoms with van der Waals surface area (Å²) in [6.07, 6.45) is 12.6. The van der Waals surface area contributed by atoms with Gasteiger partial charge in [-0.2, -0.15) is 11.3 Å². The number of carbonyl (C=O) groups is 1. The van der Waals surface area contributed by atoms with Crippen molar-refractivity contribution in [1.82, 2.24) is 10.2 Å². The number of urea groups is 1. The van der Waals surface area contributed by atoms with Crippen LogP contribution in [0.2, 0.25) is 0 Å². The molecule has 3 rings (SSSR count). The molecule has 0 aromatic carbocycles. The van der Waals surface area contributed by atoms with Gasteiger partial charge in [0, 0.05) is 31.1 Å². The van der Waals surface area contributed by atoms with Crippen LogP contribution in [-0.4, -0.2) is 36.6 Å². The van der Waals surface area contributed by atoms with E-state index < -0.39 is 0 Å². The molecule has 2 amide bonds. The van der Waals surface area contributed by atoms with E-state index in [4.69, 9.17) is 0 Å². The molecule has 0 radical (unpaired) electrons. The lowest BCUT2D eigenvalue weighted by atomic mass is 9.98. The normalized spacial score (nSPS) is 22.9. The number of piperidine rings is 1. The SMILES string of the molecule is O=C(Nc1ccsc1)NC1CCN(C/C2=C/CCCCCC2)CC1. The lowest BCUT2D eigenvalue weighted by Crippen LogP contribution is -2.46. The van der Waals surface area contributed by atoms with Gasteiger partial charge in [0.15, 0.2) is 0 Å². The summed E-state index contributed by atoms with van der Waals surface area (Å²) in [5.41, 5.74) is 2.52. The van der Waals surface area contributed by atoms with Crippen LogP contribution in [-0.2, 0) is 0 Å². The molecule has 2 aliphatic rings. The summed E-state index contributed by atoms with van der Waals surface area (Å²) < 4.78 is 0. The molecule has 0 unspecified atom stereocenters. The zero-order valence-electron chi connectivity index (χ0n) is 14.4. The molecule has 2 heterocycles. The molecule has 0 saturated carbocycles. The summed E-state index contributed by atoms with van der Waals surface area (Å²) in [6, 6.07) is 2.15. The van der Waals surface area contributed by atoms with E-state index in [0.717, 1.165) is 38.2 Å². The highest BCUT2D eigenvalue weighted by molar-refractivity contribution is 7.08. The number of carbonyl (C=O) groups excluding carboxylic acids is 1. The van der Waals surface area contributed by atoms with Crippen molar-refractivity contribution < 1.29 is 4.79 Å². The van der Waals surface area contributed by atoms with Gasteiger partial charge in [0.1, 0.15) is 0 Å². The van der Waals surface area contributed by atoms with Crippen LogP contribution < -0.4 is 10.6 Å². The molecule has 1 aliphatic heterocycles. The number of anilines is 1. The zero-order chi connectivity index (χ0) is 16.6. The standard InChI is InChI=1S/C19H29N3OS/c23-19(21-18-10-13-24-15-18)20-17-8-11-22(12-9-17)14-16-6-4-2-1-3-5-7-16/h6,10,13,15,17H,1-5,7-9,11-12,14H2,(H2,20,21,23)/b16-6+. The Morgan fingerprint density at radius 2 is 2.04 bits per heavy atom. The third-order valence-electron chi connectivity index (χ3n) is 5.01. The number of nitrogens with zero attached hydrogens (tertiary/aromatic N) is 1. The summed E-state index contributed by atoms with van der Waals surface area (Å²) in [5.74, 6) is 0. The van der Waals surface area contributed by atoms with Gasteiger partial charge in [-0.25, -0.2) is 4.79 Å². The first-order valence-corrected chi connectivity index (χ1v) is 10.2. The lowest BCUT2D eigenvalue weighted by Gasteiger charge is -2.33. The Morgan fingerprint density at radius 1 is 1.21 bits per heavy atom. The summed E-state index contributed by atoms with van der Waals surface area (Å²) in [4.78, 5) is 14.6. The third-order valence-corrected chi connectivity index (χ3v) is 5.70. The molecule has 1 aromatic rings. The number of rotatable bonds is 4. The predicted molar refractivity (Wildman–Crippen MR) is 102 cm³/mol. The second-order valence-electron chi connectivity index (χ2n) is 6.98. The van der Waals surface area contributed by atoms with E-state index in [1.807, 2.05) is 16.8 Å². The van der Waals surface area contributed by atoms with Gasteiger partial charge in [-0.05, 0) is 50.0 Å². The van der Waals surface area contributed by atoms with E-state index in [9.17, 15) is 4.79 Å². The molecule has 132 valence electrons. The summed E-state index contributed by atoms with van der Waals surface area (Å²) >= 11 is 1.59. The van der Waals surface area contributed by atoms with Gasteiger partial charge in [0.25, 0.3) is 0 Å². The monoisotopic (exact) mass is 347 g/mol. The van der Waals surface area contributed by atoms with E-state index in [-0.39, 0.29) is 6.03 Å². The lowest BCUT2D eigenvalue weighted by molar-refractivity contribution is 0.205. The smallest absolute Gasteiger partial charge is 0.319 e. The number of hydrogen-bond acceptors (Lipinski definition) is 3. The number of nitrogens with one attached hydrogen (secondary N) is 2. The fourth-order valence-electron chi connectivity index (χ4n) is 3.61. The van der Waals surface area contributed by atoms with Gasteiger partial charge in [-0.15, -0.1) is 0 Å². The van der Waals surface area contributed by atoms with Crippen LogP contribution in [0.25, 0.3) is 0 Å². The van der Waals surface area contributed by atoms with Crippen LogP contribution >= 0.6 is 11.3 Å². The minimum Gasteiger partial charge on any atom is -0.335 e.